The number of aromatic nitrogens is 3. The molecule has 0 radical (unpaired) electrons. The van der Waals surface area contributed by atoms with E-state index in [-0.39, 0.29) is 0 Å². The molecule has 0 N–H and O–H groups in total. The Balaban J connectivity index is 2.29. The molecule has 0 fully saturated rings. The minimum Gasteiger partial charge on any atom is -0.241 e. The predicted octanol–water partition coefficient (Wildman–Crippen LogP) is 3.21. The first-order valence-electron chi connectivity index (χ1n) is 3.79. The Labute approximate surface area is 102 Å². The summed E-state index contributed by atoms with van der Waals surface area (Å²) < 4.78 is 0.992. The fourth-order valence-corrected chi connectivity index (χ4v) is 3.28. The topological polar surface area (TPSA) is 38.7 Å². The van der Waals surface area contributed by atoms with Crippen LogP contribution in [0.1, 0.15) is 5.01 Å². The molecule has 0 aliphatic carbocycles. The molecule has 0 aliphatic heterocycles. The number of nitrogens with zero attached hydrogens (tertiary/aromatic N) is 3. The van der Waals surface area contributed by atoms with Crippen molar-refractivity contribution in [3.05, 3.63) is 14.3 Å². The second-order valence-electron chi connectivity index (χ2n) is 2.41. The summed E-state index contributed by atoms with van der Waals surface area (Å²) in [6, 6.07) is 0. The van der Waals surface area contributed by atoms with Crippen LogP contribution in [0.15, 0.2) is 9.30 Å². The van der Waals surface area contributed by atoms with Gasteiger partial charge in [-0.25, -0.2) is 4.98 Å². The first-order chi connectivity index (χ1) is 6.81. The van der Waals surface area contributed by atoms with Gasteiger partial charge in [0.05, 0.1) is 5.51 Å². The highest BCUT2D eigenvalue weighted by molar-refractivity contribution is 9.11. The molecule has 0 aromatic carbocycles. The fourth-order valence-electron chi connectivity index (χ4n) is 0.902. The molecule has 7 heteroatoms. The molecule has 74 valence electrons. The van der Waals surface area contributed by atoms with Gasteiger partial charge >= 0.3 is 0 Å². The lowest BCUT2D eigenvalue weighted by Gasteiger charge is -1.87. The van der Waals surface area contributed by atoms with Crippen LogP contribution in [0.4, 0.5) is 0 Å². The van der Waals surface area contributed by atoms with Gasteiger partial charge in [-0.1, -0.05) is 11.3 Å². The summed E-state index contributed by atoms with van der Waals surface area (Å²) in [7, 11) is 0. The van der Waals surface area contributed by atoms with Crippen molar-refractivity contribution in [2.24, 2.45) is 0 Å². The summed E-state index contributed by atoms with van der Waals surface area (Å²) >= 11 is 12.1. The van der Waals surface area contributed by atoms with Crippen LogP contribution in [0.3, 0.4) is 0 Å². The van der Waals surface area contributed by atoms with Gasteiger partial charge in [-0.15, -0.1) is 33.1 Å². The molecule has 0 unspecified atom stereocenters. The zero-order valence-electron chi connectivity index (χ0n) is 6.91. The van der Waals surface area contributed by atoms with E-state index in [4.69, 9.17) is 11.6 Å². The highest BCUT2D eigenvalue weighted by Crippen LogP contribution is 2.32. The van der Waals surface area contributed by atoms with Crippen LogP contribution in [0.25, 0.3) is 10.7 Å². The van der Waals surface area contributed by atoms with E-state index < -0.39 is 0 Å². The van der Waals surface area contributed by atoms with Crippen LogP contribution in [-0.4, -0.2) is 21.1 Å². The summed E-state index contributed by atoms with van der Waals surface area (Å²) in [5, 5.41) is 9.89. The zero-order valence-corrected chi connectivity index (χ0v) is 10.9. The van der Waals surface area contributed by atoms with Gasteiger partial charge in [-0.2, -0.15) is 0 Å². The molecule has 0 aliphatic rings. The molecule has 0 spiro atoms. The standard InChI is InChI=1S/C7H5BrClN3S2/c8-6-5(10-3-13-6)7-12-11-4(14-7)1-2-9/h3H,1-2H2. The first kappa shape index (κ1) is 10.5. The second kappa shape index (κ2) is 4.65. The molecule has 2 aromatic rings. The molecule has 0 saturated heterocycles. The first-order valence-corrected chi connectivity index (χ1v) is 6.81. The lowest BCUT2D eigenvalue weighted by Crippen LogP contribution is -1.83. The number of thiazole rings is 1. The van der Waals surface area contributed by atoms with Crippen molar-refractivity contribution in [1.29, 1.82) is 0 Å². The fraction of sp³-hybridized carbons (Fsp3) is 0.286. The summed E-state index contributed by atoms with van der Waals surface area (Å²) in [5.41, 5.74) is 2.65. The van der Waals surface area contributed by atoms with Crippen molar-refractivity contribution < 1.29 is 0 Å². The monoisotopic (exact) mass is 309 g/mol. The highest BCUT2D eigenvalue weighted by Gasteiger charge is 2.11. The molecule has 0 amide bonds. The van der Waals surface area contributed by atoms with Gasteiger partial charge in [0.25, 0.3) is 0 Å². The van der Waals surface area contributed by atoms with Crippen LogP contribution < -0.4 is 0 Å². The maximum absolute atomic E-state index is 5.62. The summed E-state index contributed by atoms with van der Waals surface area (Å²) in [4.78, 5) is 4.21. The molecular weight excluding hydrogens is 306 g/mol. The van der Waals surface area contributed by atoms with Crippen LogP contribution in [0, 0.1) is 0 Å². The maximum atomic E-state index is 5.62. The van der Waals surface area contributed by atoms with E-state index in [1.54, 1.807) is 16.8 Å². The maximum Gasteiger partial charge on any atom is 0.168 e. The molecule has 0 saturated carbocycles. The molecule has 0 bridgehead atoms. The summed E-state index contributed by atoms with van der Waals surface area (Å²) in [6.07, 6.45) is 0.765. The number of hydrogen-bond acceptors (Lipinski definition) is 5. The quantitative estimate of drug-likeness (QED) is 0.817. The van der Waals surface area contributed by atoms with E-state index >= 15 is 0 Å². The van der Waals surface area contributed by atoms with Crippen LogP contribution >= 0.6 is 50.2 Å². The Bertz CT molecular complexity index is 428. The van der Waals surface area contributed by atoms with Crippen molar-refractivity contribution in [2.75, 3.05) is 5.88 Å². The Morgan fingerprint density at radius 2 is 2.29 bits per heavy atom. The van der Waals surface area contributed by atoms with Gasteiger partial charge < -0.3 is 0 Å². The van der Waals surface area contributed by atoms with Gasteiger partial charge in [0.1, 0.15) is 14.5 Å². The van der Waals surface area contributed by atoms with Crippen molar-refractivity contribution in [3.8, 4) is 10.7 Å². The minimum atomic E-state index is 0.576. The van der Waals surface area contributed by atoms with E-state index in [1.165, 1.54) is 11.3 Å². The smallest absolute Gasteiger partial charge is 0.168 e. The summed E-state index contributed by atoms with van der Waals surface area (Å²) in [5.74, 6) is 0.576. The highest BCUT2D eigenvalue weighted by atomic mass is 79.9. The van der Waals surface area contributed by atoms with Gasteiger partial charge in [-0.05, 0) is 15.9 Å². The predicted molar refractivity (Wildman–Crippen MR) is 63.1 cm³/mol. The Morgan fingerprint density at radius 3 is 2.93 bits per heavy atom. The van der Waals surface area contributed by atoms with Gasteiger partial charge in [0.2, 0.25) is 0 Å². The van der Waals surface area contributed by atoms with Crippen molar-refractivity contribution >= 4 is 50.2 Å². The Hall–Kier alpha value is -0.0400. The van der Waals surface area contributed by atoms with E-state index in [1.807, 2.05) is 0 Å². The molecule has 14 heavy (non-hydrogen) atoms. The Kier molecular flexibility index (Phi) is 3.48. The van der Waals surface area contributed by atoms with Crippen LogP contribution in [0.2, 0.25) is 0 Å². The summed E-state index contributed by atoms with van der Waals surface area (Å²) in [6.45, 7) is 0. The average Bonchev–Trinajstić information content (AvgIpc) is 2.74. The Morgan fingerprint density at radius 1 is 1.43 bits per heavy atom. The molecule has 3 nitrogen and oxygen atoms in total. The minimum absolute atomic E-state index is 0.576. The van der Waals surface area contributed by atoms with E-state index in [2.05, 4.69) is 31.1 Å². The largest absolute Gasteiger partial charge is 0.241 e. The number of hydrogen-bond donors (Lipinski definition) is 0. The lowest BCUT2D eigenvalue weighted by molar-refractivity contribution is 0.988. The molecule has 2 heterocycles. The second-order valence-corrected chi connectivity index (χ2v) is 6.03. The zero-order chi connectivity index (χ0) is 9.97. The van der Waals surface area contributed by atoms with Gasteiger partial charge in [-0.3, -0.25) is 0 Å². The number of halogens is 2. The van der Waals surface area contributed by atoms with E-state index in [9.17, 15) is 0 Å². The van der Waals surface area contributed by atoms with E-state index in [0.717, 1.165) is 25.9 Å². The van der Waals surface area contributed by atoms with Crippen molar-refractivity contribution in [2.45, 2.75) is 6.42 Å². The molecule has 0 atom stereocenters. The number of alkyl halides is 1. The third-order valence-electron chi connectivity index (χ3n) is 1.50. The average molecular weight is 311 g/mol. The van der Waals surface area contributed by atoms with Crippen molar-refractivity contribution in [3.63, 3.8) is 0 Å². The third kappa shape index (κ3) is 2.13. The number of rotatable bonds is 3. The lowest BCUT2D eigenvalue weighted by atomic mass is 10.5. The third-order valence-corrected chi connectivity index (χ3v) is 4.23. The van der Waals surface area contributed by atoms with Gasteiger partial charge in [0.15, 0.2) is 5.01 Å². The normalized spacial score (nSPS) is 10.7. The molecule has 2 rings (SSSR count). The molecule has 2 aromatic heterocycles. The molecular formula is C7H5BrClN3S2. The van der Waals surface area contributed by atoms with Crippen LogP contribution in [-0.2, 0) is 6.42 Å². The van der Waals surface area contributed by atoms with E-state index in [0.29, 0.717) is 5.88 Å². The van der Waals surface area contributed by atoms with Crippen molar-refractivity contribution in [1.82, 2.24) is 15.2 Å². The van der Waals surface area contributed by atoms with Gasteiger partial charge in [0, 0.05) is 12.3 Å². The number of aryl methyl sites for hydroxylation is 1. The van der Waals surface area contributed by atoms with Crippen LogP contribution in [0.5, 0.6) is 0 Å². The SMILES string of the molecule is ClCCc1nnc(-c2ncsc2Br)s1.